The van der Waals surface area contributed by atoms with Crippen LogP contribution in [-0.4, -0.2) is 26.5 Å². The van der Waals surface area contributed by atoms with Crippen molar-refractivity contribution in [2.75, 3.05) is 4.90 Å². The van der Waals surface area contributed by atoms with Gasteiger partial charge in [0.15, 0.2) is 0 Å². The summed E-state index contributed by atoms with van der Waals surface area (Å²) in [5.41, 5.74) is 0.761. The maximum absolute atomic E-state index is 12.2. The number of aromatic amines is 1. The standard InChI is InChI=1S/C12H15N5O/c1-2-3-9-11(18)17(12-13-15-16-14-12)10-7-5-4-6-8-10/h4-8H,2-3,9H2,1H3,(H,13,14,15,16). The summed E-state index contributed by atoms with van der Waals surface area (Å²) in [5.74, 6) is 0.337. The molecule has 1 amide bonds. The Morgan fingerprint density at radius 3 is 2.72 bits per heavy atom. The highest BCUT2D eigenvalue weighted by atomic mass is 16.2. The third-order valence-electron chi connectivity index (χ3n) is 2.55. The Bertz CT molecular complexity index is 482. The first-order valence-corrected chi connectivity index (χ1v) is 5.94. The molecule has 0 bridgehead atoms. The Hall–Kier alpha value is -2.24. The van der Waals surface area contributed by atoms with Gasteiger partial charge in [0.1, 0.15) is 0 Å². The third-order valence-corrected chi connectivity index (χ3v) is 2.55. The van der Waals surface area contributed by atoms with Crippen molar-refractivity contribution >= 4 is 17.5 Å². The number of amides is 1. The zero-order valence-electron chi connectivity index (χ0n) is 10.2. The monoisotopic (exact) mass is 245 g/mol. The minimum atomic E-state index is -0.0124. The number of anilines is 2. The van der Waals surface area contributed by atoms with E-state index in [1.807, 2.05) is 30.3 Å². The summed E-state index contributed by atoms with van der Waals surface area (Å²) in [6.07, 6.45) is 2.30. The quantitative estimate of drug-likeness (QED) is 0.874. The minimum absolute atomic E-state index is 0.0124. The van der Waals surface area contributed by atoms with Crippen molar-refractivity contribution < 1.29 is 4.79 Å². The van der Waals surface area contributed by atoms with Crippen molar-refractivity contribution in [2.45, 2.75) is 26.2 Å². The Morgan fingerprint density at radius 2 is 2.11 bits per heavy atom. The first-order chi connectivity index (χ1) is 8.83. The van der Waals surface area contributed by atoms with Crippen molar-refractivity contribution in [3.8, 4) is 0 Å². The molecule has 6 heteroatoms. The lowest BCUT2D eigenvalue weighted by Gasteiger charge is -2.18. The molecule has 1 aromatic heterocycles. The smallest absolute Gasteiger partial charge is 0.254 e. The summed E-state index contributed by atoms with van der Waals surface area (Å²) in [4.78, 5) is 13.7. The highest BCUT2D eigenvalue weighted by molar-refractivity contribution is 5.98. The fourth-order valence-corrected chi connectivity index (χ4v) is 1.65. The van der Waals surface area contributed by atoms with E-state index in [4.69, 9.17) is 0 Å². The van der Waals surface area contributed by atoms with Crippen LogP contribution in [0.4, 0.5) is 11.6 Å². The molecular formula is C12H15N5O. The normalized spacial score (nSPS) is 10.3. The van der Waals surface area contributed by atoms with Crippen LogP contribution in [0.5, 0.6) is 0 Å². The molecule has 0 saturated carbocycles. The van der Waals surface area contributed by atoms with Crippen LogP contribution in [0.25, 0.3) is 0 Å². The number of benzene rings is 1. The summed E-state index contributed by atoms with van der Waals surface area (Å²) in [5, 5.41) is 13.5. The molecule has 0 atom stereocenters. The molecule has 0 aliphatic carbocycles. The van der Waals surface area contributed by atoms with Gasteiger partial charge in [-0.25, -0.2) is 10.00 Å². The van der Waals surface area contributed by atoms with Crippen LogP contribution in [0.3, 0.4) is 0 Å². The second-order valence-corrected chi connectivity index (χ2v) is 3.89. The summed E-state index contributed by atoms with van der Waals surface area (Å²) >= 11 is 0. The lowest BCUT2D eigenvalue weighted by Crippen LogP contribution is -2.26. The van der Waals surface area contributed by atoms with Gasteiger partial charge >= 0.3 is 0 Å². The number of nitrogens with one attached hydrogen (secondary N) is 1. The average molecular weight is 245 g/mol. The maximum atomic E-state index is 12.2. The summed E-state index contributed by atoms with van der Waals surface area (Å²) in [7, 11) is 0. The number of rotatable bonds is 5. The molecule has 0 aliphatic heterocycles. The largest absolute Gasteiger partial charge is 0.274 e. The third kappa shape index (κ3) is 2.71. The molecule has 0 unspecified atom stereocenters. The Morgan fingerprint density at radius 1 is 1.33 bits per heavy atom. The van der Waals surface area contributed by atoms with E-state index < -0.39 is 0 Å². The van der Waals surface area contributed by atoms with Crippen LogP contribution in [0.2, 0.25) is 0 Å². The number of H-pyrrole nitrogens is 1. The molecule has 1 aromatic carbocycles. The van der Waals surface area contributed by atoms with Crippen molar-refractivity contribution in [2.24, 2.45) is 0 Å². The van der Waals surface area contributed by atoms with Crippen molar-refractivity contribution in [3.05, 3.63) is 30.3 Å². The molecule has 6 nitrogen and oxygen atoms in total. The summed E-state index contributed by atoms with van der Waals surface area (Å²) in [6, 6.07) is 9.36. The van der Waals surface area contributed by atoms with Gasteiger partial charge in [-0.05, 0) is 29.0 Å². The van der Waals surface area contributed by atoms with E-state index in [2.05, 4.69) is 27.5 Å². The predicted octanol–water partition coefficient (Wildman–Crippen LogP) is 2.05. The van der Waals surface area contributed by atoms with Crippen LogP contribution in [0, 0.1) is 0 Å². The van der Waals surface area contributed by atoms with Crippen LogP contribution in [-0.2, 0) is 4.79 Å². The highest BCUT2D eigenvalue weighted by Crippen LogP contribution is 2.22. The van der Waals surface area contributed by atoms with E-state index in [9.17, 15) is 4.79 Å². The van der Waals surface area contributed by atoms with E-state index in [1.54, 1.807) is 0 Å². The lowest BCUT2D eigenvalue weighted by molar-refractivity contribution is -0.118. The van der Waals surface area contributed by atoms with Gasteiger partial charge < -0.3 is 0 Å². The summed E-state index contributed by atoms with van der Waals surface area (Å²) in [6.45, 7) is 2.05. The number of aromatic nitrogens is 4. The first-order valence-electron chi connectivity index (χ1n) is 5.94. The molecule has 1 N–H and O–H groups in total. The molecule has 1 heterocycles. The molecular weight excluding hydrogens is 230 g/mol. The van der Waals surface area contributed by atoms with Gasteiger partial charge in [0, 0.05) is 6.42 Å². The van der Waals surface area contributed by atoms with E-state index in [0.29, 0.717) is 12.4 Å². The average Bonchev–Trinajstić information content (AvgIpc) is 2.92. The number of carbonyl (C=O) groups excluding carboxylic acids is 1. The number of hydrogen-bond donors (Lipinski definition) is 1. The minimum Gasteiger partial charge on any atom is -0.274 e. The lowest BCUT2D eigenvalue weighted by atomic mass is 10.2. The number of tetrazole rings is 1. The van der Waals surface area contributed by atoms with Crippen molar-refractivity contribution in [3.63, 3.8) is 0 Å². The Kier molecular flexibility index (Phi) is 4.01. The number of carbonyl (C=O) groups is 1. The fourth-order valence-electron chi connectivity index (χ4n) is 1.65. The van der Waals surface area contributed by atoms with Crippen LogP contribution >= 0.6 is 0 Å². The molecule has 0 radical (unpaired) electrons. The van der Waals surface area contributed by atoms with E-state index in [-0.39, 0.29) is 5.91 Å². The second-order valence-electron chi connectivity index (χ2n) is 3.89. The molecule has 2 rings (SSSR count). The topological polar surface area (TPSA) is 74.8 Å². The highest BCUT2D eigenvalue weighted by Gasteiger charge is 2.20. The van der Waals surface area contributed by atoms with Crippen LogP contribution in [0.1, 0.15) is 26.2 Å². The molecule has 18 heavy (non-hydrogen) atoms. The van der Waals surface area contributed by atoms with Crippen molar-refractivity contribution in [1.29, 1.82) is 0 Å². The molecule has 0 aliphatic rings. The predicted molar refractivity (Wildman–Crippen MR) is 67.3 cm³/mol. The van der Waals surface area contributed by atoms with Gasteiger partial charge in [-0.15, -0.1) is 0 Å². The van der Waals surface area contributed by atoms with E-state index in [1.165, 1.54) is 4.90 Å². The Labute approximate surface area is 105 Å². The molecule has 94 valence electrons. The van der Waals surface area contributed by atoms with E-state index >= 15 is 0 Å². The number of para-hydroxylation sites is 1. The molecule has 0 saturated heterocycles. The number of unbranched alkanes of at least 4 members (excludes halogenated alkanes) is 1. The van der Waals surface area contributed by atoms with E-state index in [0.717, 1.165) is 18.5 Å². The zero-order valence-corrected chi connectivity index (χ0v) is 10.2. The summed E-state index contributed by atoms with van der Waals surface area (Å²) < 4.78 is 0. The van der Waals surface area contributed by atoms with Gasteiger partial charge in [0.2, 0.25) is 5.91 Å². The zero-order chi connectivity index (χ0) is 12.8. The fraction of sp³-hybridized carbons (Fsp3) is 0.333. The van der Waals surface area contributed by atoms with Gasteiger partial charge in [-0.1, -0.05) is 36.6 Å². The number of hydrogen-bond acceptors (Lipinski definition) is 4. The molecule has 0 fully saturated rings. The van der Waals surface area contributed by atoms with Crippen LogP contribution < -0.4 is 4.90 Å². The molecule has 2 aromatic rings. The molecule has 0 spiro atoms. The first kappa shape index (κ1) is 12.2. The van der Waals surface area contributed by atoms with Gasteiger partial charge in [0.25, 0.3) is 5.95 Å². The number of nitrogens with zero attached hydrogens (tertiary/aromatic N) is 4. The van der Waals surface area contributed by atoms with Gasteiger partial charge in [0.05, 0.1) is 5.69 Å². The van der Waals surface area contributed by atoms with Gasteiger partial charge in [-0.3, -0.25) is 4.79 Å². The van der Waals surface area contributed by atoms with Gasteiger partial charge in [-0.2, -0.15) is 0 Å². The van der Waals surface area contributed by atoms with Crippen molar-refractivity contribution in [1.82, 2.24) is 20.6 Å². The maximum Gasteiger partial charge on any atom is 0.254 e. The SMILES string of the molecule is CCCCC(=O)N(c1ccccc1)c1nnn[nH]1. The second kappa shape index (κ2) is 5.90. The Balaban J connectivity index is 2.27. The van der Waals surface area contributed by atoms with Crippen LogP contribution in [0.15, 0.2) is 30.3 Å².